The lowest BCUT2D eigenvalue weighted by atomic mass is 9.80. The predicted molar refractivity (Wildman–Crippen MR) is 54.6 cm³/mol. The van der Waals surface area contributed by atoms with Gasteiger partial charge in [0.15, 0.2) is 0 Å². The van der Waals surface area contributed by atoms with Crippen LogP contribution in [0.4, 0.5) is 0 Å². The zero-order valence-electron chi connectivity index (χ0n) is 8.70. The van der Waals surface area contributed by atoms with Crippen LogP contribution >= 0.6 is 0 Å². The number of rotatable bonds is 3. The molecular weight excluding hydrogens is 160 g/mol. The second-order valence-electron chi connectivity index (χ2n) is 4.40. The van der Waals surface area contributed by atoms with E-state index in [1.807, 2.05) is 0 Å². The van der Waals surface area contributed by atoms with Crippen LogP contribution in [0.15, 0.2) is 12.2 Å². The number of ether oxygens (including phenoxy) is 1. The fourth-order valence-electron chi connectivity index (χ4n) is 2.63. The van der Waals surface area contributed by atoms with Crippen LogP contribution in [0.1, 0.15) is 39.5 Å². The van der Waals surface area contributed by atoms with Crippen molar-refractivity contribution in [2.75, 3.05) is 0 Å². The lowest BCUT2D eigenvalue weighted by Crippen LogP contribution is -2.20. The van der Waals surface area contributed by atoms with E-state index in [-0.39, 0.29) is 0 Å². The molecule has 4 atom stereocenters. The normalized spacial score (nSPS) is 40.3. The van der Waals surface area contributed by atoms with Crippen LogP contribution < -0.4 is 0 Å². The Hall–Kier alpha value is -0.300. The lowest BCUT2D eigenvalue weighted by molar-refractivity contribution is 0.254. The Morgan fingerprint density at radius 3 is 2.77 bits per heavy atom. The quantitative estimate of drug-likeness (QED) is 0.480. The van der Waals surface area contributed by atoms with E-state index in [2.05, 4.69) is 26.0 Å². The van der Waals surface area contributed by atoms with E-state index in [1.54, 1.807) is 0 Å². The molecule has 2 aliphatic rings. The summed E-state index contributed by atoms with van der Waals surface area (Å²) in [6.45, 7) is 4.49. The third-order valence-electron chi connectivity index (χ3n) is 3.49. The number of hydrogen-bond donors (Lipinski definition) is 0. The van der Waals surface area contributed by atoms with Gasteiger partial charge in [0.2, 0.25) is 0 Å². The molecule has 1 heterocycles. The van der Waals surface area contributed by atoms with Gasteiger partial charge in [0, 0.05) is 0 Å². The van der Waals surface area contributed by atoms with Crippen LogP contribution in [0.2, 0.25) is 0 Å². The van der Waals surface area contributed by atoms with Gasteiger partial charge >= 0.3 is 0 Å². The Labute approximate surface area is 81.2 Å². The highest BCUT2D eigenvalue weighted by atomic mass is 16.6. The molecule has 0 bridgehead atoms. The van der Waals surface area contributed by atoms with Gasteiger partial charge in [-0.15, -0.1) is 0 Å². The van der Waals surface area contributed by atoms with E-state index in [0.29, 0.717) is 12.2 Å². The van der Waals surface area contributed by atoms with Crippen molar-refractivity contribution in [2.24, 2.45) is 11.8 Å². The highest BCUT2D eigenvalue weighted by Gasteiger charge is 2.42. The summed E-state index contributed by atoms with van der Waals surface area (Å²) in [6.07, 6.45) is 11.2. The van der Waals surface area contributed by atoms with Crippen molar-refractivity contribution < 1.29 is 4.74 Å². The molecule has 0 aromatic rings. The van der Waals surface area contributed by atoms with E-state index in [0.717, 1.165) is 11.8 Å². The Morgan fingerprint density at radius 2 is 2.31 bits per heavy atom. The first-order valence-electron chi connectivity index (χ1n) is 5.65. The molecule has 0 aromatic carbocycles. The summed E-state index contributed by atoms with van der Waals surface area (Å²) in [4.78, 5) is 0. The number of epoxide rings is 1. The Balaban J connectivity index is 1.95. The van der Waals surface area contributed by atoms with Crippen molar-refractivity contribution in [1.82, 2.24) is 0 Å². The summed E-state index contributed by atoms with van der Waals surface area (Å²) in [5.41, 5.74) is 0. The van der Waals surface area contributed by atoms with Crippen LogP contribution in [0.3, 0.4) is 0 Å². The van der Waals surface area contributed by atoms with Crippen molar-refractivity contribution in [2.45, 2.75) is 51.7 Å². The van der Waals surface area contributed by atoms with E-state index < -0.39 is 0 Å². The first-order chi connectivity index (χ1) is 6.33. The molecule has 0 amide bonds. The molecule has 13 heavy (non-hydrogen) atoms. The average molecular weight is 180 g/mol. The molecule has 4 unspecified atom stereocenters. The minimum absolute atomic E-state index is 0.528. The summed E-state index contributed by atoms with van der Waals surface area (Å²) in [6, 6.07) is 0. The molecule has 1 nitrogen and oxygen atoms in total. The zero-order chi connectivity index (χ0) is 9.26. The van der Waals surface area contributed by atoms with Crippen molar-refractivity contribution in [3.63, 3.8) is 0 Å². The average Bonchev–Trinajstić information content (AvgIpc) is 2.86. The van der Waals surface area contributed by atoms with Crippen LogP contribution in [0.25, 0.3) is 0 Å². The molecule has 0 saturated carbocycles. The third kappa shape index (κ3) is 1.96. The Bertz CT molecular complexity index is 197. The largest absolute Gasteiger partial charge is 0.370 e. The van der Waals surface area contributed by atoms with Crippen LogP contribution in [0.5, 0.6) is 0 Å². The molecule has 2 rings (SSSR count). The van der Waals surface area contributed by atoms with Gasteiger partial charge < -0.3 is 4.74 Å². The summed E-state index contributed by atoms with van der Waals surface area (Å²) in [5.74, 6) is 1.58. The molecule has 1 aliphatic carbocycles. The summed E-state index contributed by atoms with van der Waals surface area (Å²) >= 11 is 0. The molecule has 0 spiro atoms. The van der Waals surface area contributed by atoms with Crippen LogP contribution in [-0.2, 0) is 4.74 Å². The maximum Gasteiger partial charge on any atom is 0.0872 e. The Morgan fingerprint density at radius 1 is 1.54 bits per heavy atom. The van der Waals surface area contributed by atoms with Crippen LogP contribution in [-0.4, -0.2) is 12.2 Å². The van der Waals surface area contributed by atoms with E-state index in [1.165, 1.54) is 25.7 Å². The molecule has 1 fully saturated rings. The van der Waals surface area contributed by atoms with Gasteiger partial charge in [0.05, 0.1) is 12.2 Å². The van der Waals surface area contributed by atoms with Gasteiger partial charge in [0.25, 0.3) is 0 Å². The summed E-state index contributed by atoms with van der Waals surface area (Å²) < 4.78 is 5.59. The molecule has 74 valence electrons. The van der Waals surface area contributed by atoms with Gasteiger partial charge in [-0.3, -0.25) is 0 Å². The number of allylic oxidation sites excluding steroid dienone is 2. The topological polar surface area (TPSA) is 12.5 Å². The minimum Gasteiger partial charge on any atom is -0.370 e. The Kier molecular flexibility index (Phi) is 2.73. The van der Waals surface area contributed by atoms with E-state index >= 15 is 0 Å². The molecule has 0 aromatic heterocycles. The second kappa shape index (κ2) is 3.83. The summed E-state index contributed by atoms with van der Waals surface area (Å²) in [7, 11) is 0. The third-order valence-corrected chi connectivity index (χ3v) is 3.49. The SMILES string of the molecule is CCC(C1C=CCCC1)C1OC1C. The lowest BCUT2D eigenvalue weighted by Gasteiger charge is -2.24. The standard InChI is InChI=1S/C12H20O/c1-3-11(12-9(2)13-12)10-7-5-4-6-8-10/h5,7,9-12H,3-4,6,8H2,1-2H3. The summed E-state index contributed by atoms with van der Waals surface area (Å²) in [5, 5.41) is 0. The highest BCUT2D eigenvalue weighted by molar-refractivity contribution is 5.01. The highest BCUT2D eigenvalue weighted by Crippen LogP contribution is 2.39. The van der Waals surface area contributed by atoms with Crippen molar-refractivity contribution in [3.05, 3.63) is 12.2 Å². The van der Waals surface area contributed by atoms with Gasteiger partial charge in [-0.2, -0.15) is 0 Å². The predicted octanol–water partition coefficient (Wildman–Crippen LogP) is 3.16. The molecule has 1 aliphatic heterocycles. The van der Waals surface area contributed by atoms with E-state index in [9.17, 15) is 0 Å². The molecule has 0 radical (unpaired) electrons. The fourth-order valence-corrected chi connectivity index (χ4v) is 2.63. The monoisotopic (exact) mass is 180 g/mol. The first-order valence-corrected chi connectivity index (χ1v) is 5.65. The molecular formula is C12H20O. The van der Waals surface area contributed by atoms with Crippen molar-refractivity contribution >= 4 is 0 Å². The van der Waals surface area contributed by atoms with Gasteiger partial charge in [-0.25, -0.2) is 0 Å². The number of hydrogen-bond acceptors (Lipinski definition) is 1. The van der Waals surface area contributed by atoms with Crippen LogP contribution in [0, 0.1) is 11.8 Å². The minimum atomic E-state index is 0.528. The van der Waals surface area contributed by atoms with Crippen molar-refractivity contribution in [3.8, 4) is 0 Å². The first kappa shape index (κ1) is 9.26. The zero-order valence-corrected chi connectivity index (χ0v) is 8.70. The smallest absolute Gasteiger partial charge is 0.0872 e. The van der Waals surface area contributed by atoms with Gasteiger partial charge in [0.1, 0.15) is 0 Å². The molecule has 1 saturated heterocycles. The maximum atomic E-state index is 5.59. The second-order valence-corrected chi connectivity index (χ2v) is 4.40. The van der Waals surface area contributed by atoms with Gasteiger partial charge in [-0.1, -0.05) is 25.5 Å². The molecule has 0 N–H and O–H groups in total. The fraction of sp³-hybridized carbons (Fsp3) is 0.833. The maximum absolute atomic E-state index is 5.59. The molecule has 1 heteroatoms. The van der Waals surface area contributed by atoms with Crippen molar-refractivity contribution in [1.29, 1.82) is 0 Å². The van der Waals surface area contributed by atoms with E-state index in [4.69, 9.17) is 4.74 Å². The van der Waals surface area contributed by atoms with Gasteiger partial charge in [-0.05, 0) is 38.0 Å².